The molecule has 6 bridgehead atoms. The molecule has 3 heterocycles. The Hall–Kier alpha value is -8.31. The third kappa shape index (κ3) is 5.05. The summed E-state index contributed by atoms with van der Waals surface area (Å²) in [5, 5.41) is 9.59. The molecule has 0 unspecified atom stereocenters. The van der Waals surface area contributed by atoms with E-state index in [1.54, 1.807) is 0 Å². The van der Waals surface area contributed by atoms with E-state index in [4.69, 9.17) is 4.42 Å². The molecule has 1 aliphatic carbocycles. The summed E-state index contributed by atoms with van der Waals surface area (Å²) in [7, 11) is 0. The van der Waals surface area contributed by atoms with Crippen molar-refractivity contribution in [1.82, 2.24) is 4.57 Å². The molecule has 2 aliphatic rings. The van der Waals surface area contributed by atoms with E-state index in [9.17, 15) is 0 Å². The number of anilines is 3. The SMILES string of the molecule is c1ccc2c(c1)-c1c3cccc1-c1ccc4cccc-2c4c1-c1cc(N(c2ccc4c(c2)c2ccccc2n4-c2ccc4c(c2)oc2ccccc24)c2cccc4ccccc24)ccc1S3. The van der Waals surface area contributed by atoms with Crippen LogP contribution in [0.15, 0.2) is 233 Å². The first-order chi connectivity index (χ1) is 32.7. The van der Waals surface area contributed by atoms with Gasteiger partial charge in [0, 0.05) is 65.4 Å². The molecular weight excluding hydrogens is 821 g/mol. The lowest BCUT2D eigenvalue weighted by atomic mass is 9.79. The number of nitrogens with zero attached hydrogens (tertiary/aromatic N) is 2. The molecule has 11 aromatic carbocycles. The van der Waals surface area contributed by atoms with Crippen LogP contribution in [0.1, 0.15) is 0 Å². The molecule has 13 aromatic rings. The van der Waals surface area contributed by atoms with E-state index in [0.29, 0.717) is 0 Å². The molecule has 3 nitrogen and oxygen atoms in total. The highest BCUT2D eigenvalue weighted by molar-refractivity contribution is 7.99. The highest BCUT2D eigenvalue weighted by Crippen LogP contribution is 2.57. The Morgan fingerprint density at radius 3 is 2.00 bits per heavy atom. The standard InChI is InChI=1S/C62H36N2OS/c1-2-15-42-37(12-1)13-10-23-53(42)63(39-28-32-55-51(34-39)44-17-5-7-22-54(44)64(55)41-27-31-46-45-18-6-8-24-56(45)65-57(46)36-41)40-29-33-58-52(35-40)62-50-30-26-38-14-9-20-47(60(38)62)43-16-3-4-19-48(43)61-49(50)21-11-25-59(61)66-58/h1-36H. The van der Waals surface area contributed by atoms with Gasteiger partial charge in [0.25, 0.3) is 0 Å². The van der Waals surface area contributed by atoms with Crippen molar-refractivity contribution in [3.63, 3.8) is 0 Å². The van der Waals surface area contributed by atoms with Crippen LogP contribution in [0.5, 0.6) is 0 Å². The molecular formula is C62H36N2OS. The van der Waals surface area contributed by atoms with Crippen molar-refractivity contribution < 1.29 is 4.42 Å². The Labute approximate surface area is 384 Å². The third-order valence-electron chi connectivity index (χ3n) is 14.1. The van der Waals surface area contributed by atoms with Crippen LogP contribution < -0.4 is 4.90 Å². The number of furan rings is 1. The first-order valence-electron chi connectivity index (χ1n) is 22.6. The first-order valence-corrected chi connectivity index (χ1v) is 23.4. The number of benzene rings is 11. The average Bonchev–Trinajstić information content (AvgIpc) is 3.91. The number of para-hydroxylation sites is 2. The zero-order valence-electron chi connectivity index (χ0n) is 35.5. The van der Waals surface area contributed by atoms with E-state index < -0.39 is 0 Å². The third-order valence-corrected chi connectivity index (χ3v) is 15.2. The molecule has 0 amide bonds. The fraction of sp³-hybridized carbons (Fsp3) is 0. The summed E-state index contributed by atoms with van der Waals surface area (Å²) in [5.74, 6) is 0. The Bertz CT molecular complexity index is 4230. The number of fused-ring (bicyclic) bond motifs is 10. The summed E-state index contributed by atoms with van der Waals surface area (Å²) in [4.78, 5) is 5.00. The molecule has 0 fully saturated rings. The molecule has 4 heteroatoms. The second-order valence-corrected chi connectivity index (χ2v) is 18.6. The minimum atomic E-state index is 0.885. The maximum atomic E-state index is 6.42. The van der Waals surface area contributed by atoms with Crippen LogP contribution in [0.2, 0.25) is 0 Å². The van der Waals surface area contributed by atoms with Gasteiger partial charge >= 0.3 is 0 Å². The van der Waals surface area contributed by atoms with E-state index in [-0.39, 0.29) is 0 Å². The summed E-state index contributed by atoms with van der Waals surface area (Å²) < 4.78 is 8.81. The molecule has 2 aromatic heterocycles. The van der Waals surface area contributed by atoms with Crippen LogP contribution in [0.25, 0.3) is 115 Å². The van der Waals surface area contributed by atoms with Gasteiger partial charge in [-0.3, -0.25) is 0 Å². The number of aromatic nitrogens is 1. The van der Waals surface area contributed by atoms with Gasteiger partial charge in [-0.2, -0.15) is 0 Å². The average molecular weight is 857 g/mol. The molecule has 1 aliphatic heterocycles. The minimum absolute atomic E-state index is 0.885. The topological polar surface area (TPSA) is 21.3 Å². The molecule has 0 spiro atoms. The zero-order valence-corrected chi connectivity index (χ0v) is 36.3. The van der Waals surface area contributed by atoms with Gasteiger partial charge < -0.3 is 13.9 Å². The second-order valence-electron chi connectivity index (χ2n) is 17.6. The van der Waals surface area contributed by atoms with E-state index in [1.165, 1.54) is 86.6 Å². The Morgan fingerprint density at radius 1 is 0.364 bits per heavy atom. The maximum Gasteiger partial charge on any atom is 0.137 e. The molecule has 0 atom stereocenters. The van der Waals surface area contributed by atoms with Crippen molar-refractivity contribution in [2.45, 2.75) is 9.79 Å². The van der Waals surface area contributed by atoms with Gasteiger partial charge in [0.2, 0.25) is 0 Å². The number of rotatable bonds is 4. The smallest absolute Gasteiger partial charge is 0.137 e. The van der Waals surface area contributed by atoms with Gasteiger partial charge in [-0.25, -0.2) is 0 Å². The van der Waals surface area contributed by atoms with Gasteiger partial charge in [-0.05, 0) is 128 Å². The maximum absolute atomic E-state index is 6.42. The molecule has 0 saturated carbocycles. The molecule has 306 valence electrons. The van der Waals surface area contributed by atoms with Gasteiger partial charge in [0.1, 0.15) is 11.2 Å². The fourth-order valence-corrected chi connectivity index (χ4v) is 12.4. The van der Waals surface area contributed by atoms with Crippen molar-refractivity contribution in [2.24, 2.45) is 0 Å². The van der Waals surface area contributed by atoms with Gasteiger partial charge in [-0.15, -0.1) is 0 Å². The molecule has 66 heavy (non-hydrogen) atoms. The summed E-state index contributed by atoms with van der Waals surface area (Å²) >= 11 is 1.89. The summed E-state index contributed by atoms with van der Waals surface area (Å²) in [5.41, 5.74) is 18.7. The lowest BCUT2D eigenvalue weighted by Crippen LogP contribution is -2.11. The molecule has 0 N–H and O–H groups in total. The van der Waals surface area contributed by atoms with Crippen LogP contribution >= 0.6 is 11.8 Å². The molecule has 0 radical (unpaired) electrons. The van der Waals surface area contributed by atoms with Crippen molar-refractivity contribution in [1.29, 1.82) is 0 Å². The van der Waals surface area contributed by atoms with Crippen LogP contribution in [-0.4, -0.2) is 4.57 Å². The number of hydrogen-bond acceptors (Lipinski definition) is 3. The van der Waals surface area contributed by atoms with Gasteiger partial charge in [0.15, 0.2) is 0 Å². The minimum Gasteiger partial charge on any atom is -0.456 e. The summed E-state index contributed by atoms with van der Waals surface area (Å²) in [6.07, 6.45) is 0. The van der Waals surface area contributed by atoms with Crippen LogP contribution in [0.4, 0.5) is 17.1 Å². The quantitative estimate of drug-likeness (QED) is 0.176. The second kappa shape index (κ2) is 13.6. The fourth-order valence-electron chi connectivity index (χ4n) is 11.3. The Morgan fingerprint density at radius 2 is 1.05 bits per heavy atom. The zero-order chi connectivity index (χ0) is 43.0. The Balaban J connectivity index is 0.991. The van der Waals surface area contributed by atoms with E-state index in [2.05, 4.69) is 216 Å². The van der Waals surface area contributed by atoms with E-state index in [1.807, 2.05) is 23.9 Å². The van der Waals surface area contributed by atoms with E-state index >= 15 is 0 Å². The molecule has 0 saturated heterocycles. The lowest BCUT2D eigenvalue weighted by Gasteiger charge is -2.31. The summed E-state index contributed by atoms with van der Waals surface area (Å²) in [6.45, 7) is 0. The van der Waals surface area contributed by atoms with Gasteiger partial charge in [0.05, 0.1) is 16.7 Å². The Kier molecular flexibility index (Phi) is 7.43. The lowest BCUT2D eigenvalue weighted by molar-refractivity contribution is 0.668. The summed E-state index contributed by atoms with van der Waals surface area (Å²) in [6, 6.07) is 80.7. The largest absolute Gasteiger partial charge is 0.456 e. The van der Waals surface area contributed by atoms with Crippen molar-refractivity contribution in [3.05, 3.63) is 218 Å². The predicted octanol–water partition coefficient (Wildman–Crippen LogP) is 17.9. The molecule has 15 rings (SSSR count). The van der Waals surface area contributed by atoms with Crippen molar-refractivity contribution in [2.75, 3.05) is 4.90 Å². The number of hydrogen-bond donors (Lipinski definition) is 0. The van der Waals surface area contributed by atoms with Crippen LogP contribution in [0, 0.1) is 0 Å². The van der Waals surface area contributed by atoms with Crippen LogP contribution in [0.3, 0.4) is 0 Å². The predicted molar refractivity (Wildman–Crippen MR) is 277 cm³/mol. The van der Waals surface area contributed by atoms with E-state index in [0.717, 1.165) is 55.7 Å². The first kappa shape index (κ1) is 36.1. The normalized spacial score (nSPS) is 12.5. The van der Waals surface area contributed by atoms with Crippen LogP contribution in [-0.2, 0) is 0 Å². The van der Waals surface area contributed by atoms with Crippen molar-refractivity contribution in [3.8, 4) is 50.2 Å². The van der Waals surface area contributed by atoms with Gasteiger partial charge in [-0.1, -0.05) is 151 Å². The highest BCUT2D eigenvalue weighted by atomic mass is 32.2. The van der Waals surface area contributed by atoms with Crippen molar-refractivity contribution >= 4 is 94.1 Å². The monoisotopic (exact) mass is 856 g/mol. The highest BCUT2D eigenvalue weighted by Gasteiger charge is 2.30.